The van der Waals surface area contributed by atoms with Gasteiger partial charge >= 0.3 is 0 Å². The Hall–Kier alpha value is -0.490. The summed E-state index contributed by atoms with van der Waals surface area (Å²) in [5.74, 6) is -4.07. The number of phenolic OH excluding ortho intramolecular Hbond substituents is 5. The van der Waals surface area contributed by atoms with Gasteiger partial charge in [-0.2, -0.15) is 0 Å². The minimum atomic E-state index is -0.807. The van der Waals surface area contributed by atoms with Crippen molar-refractivity contribution in [2.75, 3.05) is 0 Å². The number of benzene rings is 2. The third-order valence-corrected chi connectivity index (χ3v) is 7.44. The smallest absolute Gasteiger partial charge is 0.202 e. The van der Waals surface area contributed by atoms with E-state index in [0.717, 1.165) is 0 Å². The van der Waals surface area contributed by atoms with Crippen LogP contribution < -0.4 is 0 Å². The molecule has 0 saturated carbocycles. The zero-order valence-corrected chi connectivity index (χ0v) is 19.0. The number of halogens is 5. The highest BCUT2D eigenvalue weighted by Gasteiger charge is 2.31. The molecule has 0 unspecified atom stereocenters. The number of phenols is 5. The number of rotatable bonds is 2. The normalized spacial score (nSPS) is 10.9. The van der Waals surface area contributed by atoms with Crippen molar-refractivity contribution in [3.05, 3.63) is 33.5 Å². The average molecular weight is 657 g/mol. The summed E-state index contributed by atoms with van der Waals surface area (Å²) in [6.45, 7) is 0. The minimum absolute atomic E-state index is 0.0333. The van der Waals surface area contributed by atoms with Crippen LogP contribution in [0.1, 0.15) is 15.9 Å². The van der Waals surface area contributed by atoms with Crippen LogP contribution in [0.25, 0.3) is 0 Å². The van der Waals surface area contributed by atoms with Crippen LogP contribution in [0, 0.1) is 0 Å². The van der Waals surface area contributed by atoms with Gasteiger partial charge in [-0.15, -0.1) is 0 Å². The lowest BCUT2D eigenvalue weighted by molar-refractivity contribution is 0.103. The van der Waals surface area contributed by atoms with E-state index in [0.29, 0.717) is 0 Å². The average Bonchev–Trinajstić information content (AvgIpc) is 2.55. The maximum Gasteiger partial charge on any atom is 0.202 e. The molecule has 0 radical (unpaired) electrons. The van der Waals surface area contributed by atoms with E-state index in [1.54, 1.807) is 0 Å². The molecular formula is C13H5Br5O6. The molecule has 0 fully saturated rings. The van der Waals surface area contributed by atoms with Crippen LogP contribution in [0.2, 0.25) is 0 Å². The Balaban J connectivity index is 2.87. The summed E-state index contributed by atoms with van der Waals surface area (Å²) in [5.41, 5.74) is -0.302. The number of carbonyl (C=O) groups is 1. The molecule has 24 heavy (non-hydrogen) atoms. The largest absolute Gasteiger partial charge is 0.503 e. The van der Waals surface area contributed by atoms with Crippen molar-refractivity contribution in [3.8, 4) is 28.7 Å². The van der Waals surface area contributed by atoms with E-state index >= 15 is 0 Å². The van der Waals surface area contributed by atoms with Crippen molar-refractivity contribution >= 4 is 85.4 Å². The van der Waals surface area contributed by atoms with E-state index in [9.17, 15) is 30.3 Å². The van der Waals surface area contributed by atoms with E-state index < -0.39 is 34.5 Å². The molecule has 0 saturated heterocycles. The lowest BCUT2D eigenvalue weighted by atomic mass is 10.0. The van der Waals surface area contributed by atoms with Crippen molar-refractivity contribution in [2.45, 2.75) is 0 Å². The minimum Gasteiger partial charge on any atom is -0.503 e. The van der Waals surface area contributed by atoms with Gasteiger partial charge in [0.05, 0.1) is 29.0 Å². The van der Waals surface area contributed by atoms with Crippen molar-refractivity contribution in [2.24, 2.45) is 0 Å². The van der Waals surface area contributed by atoms with Crippen LogP contribution in [-0.2, 0) is 0 Å². The molecule has 0 amide bonds. The first-order valence-electron chi connectivity index (χ1n) is 5.77. The Morgan fingerprint density at radius 2 is 0.792 bits per heavy atom. The molecule has 0 spiro atoms. The third-order valence-electron chi connectivity index (χ3n) is 3.03. The van der Waals surface area contributed by atoms with E-state index in [1.807, 2.05) is 0 Å². The van der Waals surface area contributed by atoms with Gasteiger partial charge in [-0.3, -0.25) is 4.79 Å². The lowest BCUT2D eigenvalue weighted by Crippen LogP contribution is -2.07. The first kappa shape index (κ1) is 19.8. The van der Waals surface area contributed by atoms with Crippen LogP contribution in [-0.4, -0.2) is 31.3 Å². The maximum atomic E-state index is 12.9. The fourth-order valence-corrected chi connectivity index (χ4v) is 5.00. The maximum absolute atomic E-state index is 12.9. The second-order valence-electron chi connectivity index (χ2n) is 4.39. The molecule has 2 aromatic carbocycles. The monoisotopic (exact) mass is 652 g/mol. The number of hydrogen-bond donors (Lipinski definition) is 5. The number of ketones is 1. The molecular weight excluding hydrogens is 652 g/mol. The highest BCUT2D eigenvalue weighted by molar-refractivity contribution is 9.13. The van der Waals surface area contributed by atoms with Gasteiger partial charge in [0, 0.05) is 4.47 Å². The third kappa shape index (κ3) is 2.94. The first-order valence-corrected chi connectivity index (χ1v) is 9.73. The summed E-state index contributed by atoms with van der Waals surface area (Å²) >= 11 is 15.2. The van der Waals surface area contributed by atoms with E-state index in [-0.39, 0.29) is 33.5 Å². The van der Waals surface area contributed by atoms with Crippen molar-refractivity contribution in [1.29, 1.82) is 0 Å². The highest BCUT2D eigenvalue weighted by Crippen LogP contribution is 2.52. The summed E-state index contributed by atoms with van der Waals surface area (Å²) in [4.78, 5) is 12.9. The molecule has 0 aliphatic carbocycles. The van der Waals surface area contributed by atoms with Gasteiger partial charge in [-0.05, 0) is 79.6 Å². The van der Waals surface area contributed by atoms with Crippen LogP contribution in [0.5, 0.6) is 28.7 Å². The molecule has 128 valence electrons. The quantitative estimate of drug-likeness (QED) is 0.171. The van der Waals surface area contributed by atoms with E-state index in [2.05, 4.69) is 79.6 Å². The zero-order chi connectivity index (χ0) is 18.5. The summed E-state index contributed by atoms with van der Waals surface area (Å²) in [7, 11) is 0. The Bertz CT molecular complexity index is 766. The number of aromatic hydroxyl groups is 5. The summed E-state index contributed by atoms with van der Waals surface area (Å²) in [6.07, 6.45) is 0. The first-order chi connectivity index (χ1) is 11.0. The molecule has 2 aromatic rings. The van der Waals surface area contributed by atoms with Gasteiger partial charge in [-0.1, -0.05) is 0 Å². The van der Waals surface area contributed by atoms with Gasteiger partial charge in [0.2, 0.25) is 5.75 Å². The molecule has 0 bridgehead atoms. The molecule has 5 N–H and O–H groups in total. The van der Waals surface area contributed by atoms with Crippen LogP contribution in [0.15, 0.2) is 22.4 Å². The van der Waals surface area contributed by atoms with Gasteiger partial charge < -0.3 is 25.5 Å². The number of hydrogen-bond acceptors (Lipinski definition) is 6. The second kappa shape index (κ2) is 7.02. The topological polar surface area (TPSA) is 118 Å². The number of carbonyl (C=O) groups excluding carboxylic acids is 1. The van der Waals surface area contributed by atoms with Crippen LogP contribution >= 0.6 is 79.6 Å². The fraction of sp³-hybridized carbons (Fsp3) is 0. The predicted octanol–water partition coefficient (Wildman–Crippen LogP) is 5.26. The van der Waals surface area contributed by atoms with Gasteiger partial charge in [0.15, 0.2) is 28.8 Å². The Labute approximate surface area is 176 Å². The van der Waals surface area contributed by atoms with Gasteiger partial charge in [0.25, 0.3) is 0 Å². The summed E-state index contributed by atoms with van der Waals surface area (Å²) < 4.78 is -0.285. The molecule has 0 aliphatic heterocycles. The van der Waals surface area contributed by atoms with Gasteiger partial charge in [-0.25, -0.2) is 0 Å². The van der Waals surface area contributed by atoms with Crippen molar-refractivity contribution < 1.29 is 30.3 Å². The van der Waals surface area contributed by atoms with Crippen LogP contribution in [0.4, 0.5) is 0 Å². The Morgan fingerprint density at radius 3 is 1.21 bits per heavy atom. The van der Waals surface area contributed by atoms with Crippen LogP contribution in [0.3, 0.4) is 0 Å². The second-order valence-corrected chi connectivity index (χ2v) is 8.36. The SMILES string of the molecule is O=C(c1c(Br)c(O)c(O)c(O)c1Br)c1c(Br)c(O)c(O)c(Br)c1Br. The standard InChI is InChI=1S/C13H5Br5O6/c14-3-1(4(15)9(20)12(23)7(3)18)8(19)2-5(16)10(21)13(24)11(22)6(2)17/h20-24H. The van der Waals surface area contributed by atoms with E-state index in [4.69, 9.17) is 0 Å². The fourth-order valence-electron chi connectivity index (χ4n) is 1.81. The molecule has 0 aromatic heterocycles. The summed E-state index contributed by atoms with van der Waals surface area (Å²) in [6, 6.07) is 0. The predicted molar refractivity (Wildman–Crippen MR) is 103 cm³/mol. The molecule has 2 rings (SSSR count). The molecule has 6 nitrogen and oxygen atoms in total. The molecule has 0 atom stereocenters. The zero-order valence-electron chi connectivity index (χ0n) is 11.0. The molecule has 0 heterocycles. The Morgan fingerprint density at radius 1 is 0.500 bits per heavy atom. The van der Waals surface area contributed by atoms with Gasteiger partial charge in [0.1, 0.15) is 0 Å². The van der Waals surface area contributed by atoms with E-state index in [1.165, 1.54) is 0 Å². The molecule has 11 heteroatoms. The lowest BCUT2D eigenvalue weighted by Gasteiger charge is -2.15. The summed E-state index contributed by atoms with van der Waals surface area (Å²) in [5, 5.41) is 49.0. The van der Waals surface area contributed by atoms with Crippen molar-refractivity contribution in [1.82, 2.24) is 0 Å². The van der Waals surface area contributed by atoms with Crippen molar-refractivity contribution in [3.63, 3.8) is 0 Å². The molecule has 0 aliphatic rings. The highest BCUT2D eigenvalue weighted by atomic mass is 79.9. The Kier molecular flexibility index (Phi) is 5.80.